The van der Waals surface area contributed by atoms with Crippen LogP contribution in [0.2, 0.25) is 0 Å². The molecule has 0 bridgehead atoms. The largest absolute Gasteiger partial charge is 0.497 e. The van der Waals surface area contributed by atoms with Crippen LogP contribution in [0, 0.1) is 5.92 Å². The molecule has 0 saturated carbocycles. The predicted molar refractivity (Wildman–Crippen MR) is 76.8 cm³/mol. The lowest BCUT2D eigenvalue weighted by atomic mass is 10.1. The molecule has 1 aromatic carbocycles. The van der Waals surface area contributed by atoms with E-state index in [-0.39, 0.29) is 0 Å². The average Bonchev–Trinajstić information content (AvgIpc) is 2.92. The van der Waals surface area contributed by atoms with Crippen LogP contribution >= 0.6 is 11.8 Å². The smallest absolute Gasteiger partial charge is 0.119 e. The maximum Gasteiger partial charge on any atom is 0.119 e. The molecule has 1 aromatic rings. The van der Waals surface area contributed by atoms with Crippen molar-refractivity contribution in [3.8, 4) is 11.5 Å². The van der Waals surface area contributed by atoms with Crippen molar-refractivity contribution < 1.29 is 9.47 Å². The van der Waals surface area contributed by atoms with E-state index >= 15 is 0 Å². The molecule has 1 heterocycles. The van der Waals surface area contributed by atoms with Gasteiger partial charge in [0.2, 0.25) is 0 Å². The van der Waals surface area contributed by atoms with E-state index in [0.29, 0.717) is 6.61 Å². The second kappa shape index (κ2) is 7.54. The first-order valence-electron chi connectivity index (χ1n) is 6.44. The molecule has 0 aliphatic carbocycles. The zero-order valence-electron chi connectivity index (χ0n) is 10.9. The molecule has 0 aromatic heterocycles. The minimum absolute atomic E-state index is 0.714. The van der Waals surface area contributed by atoms with E-state index in [9.17, 15) is 0 Å². The first-order chi connectivity index (χ1) is 8.88. The molecule has 1 unspecified atom stereocenters. The number of methoxy groups -OCH3 is 1. The third-order valence-corrected chi connectivity index (χ3v) is 4.30. The quantitative estimate of drug-likeness (QED) is 0.769. The summed E-state index contributed by atoms with van der Waals surface area (Å²) >= 11 is 2.06. The molecule has 2 rings (SSSR count). The van der Waals surface area contributed by atoms with Crippen LogP contribution in [-0.4, -0.2) is 38.3 Å². The Balaban J connectivity index is 1.56. The van der Waals surface area contributed by atoms with Gasteiger partial charge in [-0.05, 0) is 54.7 Å². The first-order valence-corrected chi connectivity index (χ1v) is 7.59. The van der Waals surface area contributed by atoms with Crippen LogP contribution in [0.3, 0.4) is 0 Å². The molecule has 0 spiro atoms. The van der Waals surface area contributed by atoms with Gasteiger partial charge in [0.25, 0.3) is 0 Å². The SMILES string of the molecule is COc1ccc(OCCNCC2CCSC2)cc1. The Labute approximate surface area is 113 Å². The van der Waals surface area contributed by atoms with Gasteiger partial charge in [0.1, 0.15) is 18.1 Å². The number of nitrogens with one attached hydrogen (secondary N) is 1. The Hall–Kier alpha value is -0.870. The molecule has 1 N–H and O–H groups in total. The summed E-state index contributed by atoms with van der Waals surface area (Å²) in [5.41, 5.74) is 0. The Kier molecular flexibility index (Phi) is 5.68. The summed E-state index contributed by atoms with van der Waals surface area (Å²) in [7, 11) is 1.67. The highest BCUT2D eigenvalue weighted by Crippen LogP contribution is 2.22. The molecule has 1 aliphatic heterocycles. The Bertz CT molecular complexity index is 336. The first kappa shape index (κ1) is 13.6. The minimum atomic E-state index is 0.714. The van der Waals surface area contributed by atoms with E-state index in [0.717, 1.165) is 30.5 Å². The van der Waals surface area contributed by atoms with Crippen molar-refractivity contribution in [2.24, 2.45) is 5.92 Å². The topological polar surface area (TPSA) is 30.5 Å². The van der Waals surface area contributed by atoms with Crippen molar-refractivity contribution in [2.45, 2.75) is 6.42 Å². The van der Waals surface area contributed by atoms with Crippen LogP contribution in [0.25, 0.3) is 0 Å². The zero-order chi connectivity index (χ0) is 12.6. The van der Waals surface area contributed by atoms with E-state index in [4.69, 9.17) is 9.47 Å². The van der Waals surface area contributed by atoms with Gasteiger partial charge in [0, 0.05) is 6.54 Å². The summed E-state index contributed by atoms with van der Waals surface area (Å²) in [4.78, 5) is 0. The maximum atomic E-state index is 5.65. The number of ether oxygens (including phenoxy) is 2. The van der Waals surface area contributed by atoms with Gasteiger partial charge in [-0.25, -0.2) is 0 Å². The molecule has 18 heavy (non-hydrogen) atoms. The molecule has 1 atom stereocenters. The summed E-state index contributed by atoms with van der Waals surface area (Å²) in [5.74, 6) is 5.25. The Morgan fingerprint density at radius 2 is 2.06 bits per heavy atom. The minimum Gasteiger partial charge on any atom is -0.497 e. The molecule has 1 fully saturated rings. The van der Waals surface area contributed by atoms with Crippen molar-refractivity contribution >= 4 is 11.8 Å². The monoisotopic (exact) mass is 267 g/mol. The van der Waals surface area contributed by atoms with Crippen molar-refractivity contribution in [3.05, 3.63) is 24.3 Å². The molecule has 0 amide bonds. The second-order valence-electron chi connectivity index (χ2n) is 4.46. The van der Waals surface area contributed by atoms with Gasteiger partial charge < -0.3 is 14.8 Å². The van der Waals surface area contributed by atoms with Crippen LogP contribution < -0.4 is 14.8 Å². The van der Waals surface area contributed by atoms with Crippen molar-refractivity contribution in [1.82, 2.24) is 5.32 Å². The van der Waals surface area contributed by atoms with Gasteiger partial charge in [-0.1, -0.05) is 0 Å². The van der Waals surface area contributed by atoms with E-state index in [1.165, 1.54) is 17.9 Å². The fraction of sp³-hybridized carbons (Fsp3) is 0.571. The summed E-state index contributed by atoms with van der Waals surface area (Å²) in [5, 5.41) is 3.46. The molecule has 1 aliphatic rings. The van der Waals surface area contributed by atoms with Crippen molar-refractivity contribution in [1.29, 1.82) is 0 Å². The third-order valence-electron chi connectivity index (χ3n) is 3.06. The predicted octanol–water partition coefficient (Wildman–Crippen LogP) is 2.42. The van der Waals surface area contributed by atoms with Gasteiger partial charge in [-0.2, -0.15) is 11.8 Å². The summed E-state index contributed by atoms with van der Waals surface area (Å²) in [6.07, 6.45) is 1.36. The molecular weight excluding hydrogens is 246 g/mol. The molecule has 4 heteroatoms. The molecule has 0 radical (unpaired) electrons. The Morgan fingerprint density at radius 1 is 1.28 bits per heavy atom. The highest BCUT2D eigenvalue weighted by molar-refractivity contribution is 7.99. The average molecular weight is 267 g/mol. The van der Waals surface area contributed by atoms with E-state index in [1.54, 1.807) is 7.11 Å². The number of thioether (sulfide) groups is 1. The normalized spacial score (nSPS) is 18.8. The van der Waals surface area contributed by atoms with Crippen LogP contribution in [0.4, 0.5) is 0 Å². The maximum absolute atomic E-state index is 5.65. The van der Waals surface area contributed by atoms with E-state index in [1.807, 2.05) is 24.3 Å². The van der Waals surface area contributed by atoms with Crippen molar-refractivity contribution in [3.63, 3.8) is 0 Å². The van der Waals surface area contributed by atoms with Gasteiger partial charge in [0.15, 0.2) is 0 Å². The van der Waals surface area contributed by atoms with Gasteiger partial charge in [-0.3, -0.25) is 0 Å². The number of benzene rings is 1. The summed E-state index contributed by atoms with van der Waals surface area (Å²) in [6, 6.07) is 7.70. The van der Waals surface area contributed by atoms with Crippen molar-refractivity contribution in [2.75, 3.05) is 38.3 Å². The van der Waals surface area contributed by atoms with Crippen LogP contribution in [0.15, 0.2) is 24.3 Å². The highest BCUT2D eigenvalue weighted by Gasteiger charge is 2.14. The summed E-state index contributed by atoms with van der Waals surface area (Å²) < 4.78 is 10.7. The molecule has 1 saturated heterocycles. The number of rotatable bonds is 7. The van der Waals surface area contributed by atoms with Gasteiger partial charge >= 0.3 is 0 Å². The molecule has 3 nitrogen and oxygen atoms in total. The van der Waals surface area contributed by atoms with Crippen LogP contribution in [0.1, 0.15) is 6.42 Å². The van der Waals surface area contributed by atoms with E-state index < -0.39 is 0 Å². The Morgan fingerprint density at radius 3 is 2.72 bits per heavy atom. The third kappa shape index (κ3) is 4.42. The second-order valence-corrected chi connectivity index (χ2v) is 5.61. The van der Waals surface area contributed by atoms with E-state index in [2.05, 4.69) is 17.1 Å². The fourth-order valence-electron chi connectivity index (χ4n) is 1.96. The summed E-state index contributed by atoms with van der Waals surface area (Å²) in [6.45, 7) is 2.75. The van der Waals surface area contributed by atoms with Gasteiger partial charge in [-0.15, -0.1) is 0 Å². The molecular formula is C14H21NO2S. The van der Waals surface area contributed by atoms with Gasteiger partial charge in [0.05, 0.1) is 7.11 Å². The van der Waals surface area contributed by atoms with Crippen LogP contribution in [0.5, 0.6) is 11.5 Å². The lowest BCUT2D eigenvalue weighted by molar-refractivity contribution is 0.309. The lowest BCUT2D eigenvalue weighted by Crippen LogP contribution is -2.27. The highest BCUT2D eigenvalue weighted by atomic mass is 32.2. The number of hydrogen-bond acceptors (Lipinski definition) is 4. The standard InChI is InChI=1S/C14H21NO2S/c1-16-13-2-4-14(5-3-13)17-8-7-15-10-12-6-9-18-11-12/h2-5,12,15H,6-11H2,1H3. The van der Waals surface area contributed by atoms with Crippen LogP contribution in [-0.2, 0) is 0 Å². The molecule has 100 valence electrons. The number of hydrogen-bond donors (Lipinski definition) is 1. The zero-order valence-corrected chi connectivity index (χ0v) is 11.7. The lowest BCUT2D eigenvalue weighted by Gasteiger charge is -2.11. The fourth-order valence-corrected chi connectivity index (χ4v) is 3.25.